The first kappa shape index (κ1) is 17.9. The normalized spacial score (nSPS) is 10.9. The molecule has 7 nitrogen and oxygen atoms in total. The molecule has 0 unspecified atom stereocenters. The molecular weight excluding hydrogens is 378 g/mol. The first-order valence-corrected chi connectivity index (χ1v) is 8.99. The molecule has 4 rings (SSSR count). The fraction of sp³-hybridized carbons (Fsp3) is 0.100. The molecule has 28 heavy (non-hydrogen) atoms. The number of fused-ring (bicyclic) bond motifs is 1. The number of carbonyl (C=O) groups excluding carboxylic acids is 1. The Labute approximate surface area is 165 Å². The molecule has 8 heteroatoms. The summed E-state index contributed by atoms with van der Waals surface area (Å²) in [7, 11) is 0. The van der Waals surface area contributed by atoms with Gasteiger partial charge in [0, 0.05) is 16.5 Å². The molecule has 1 N–H and O–H groups in total. The Morgan fingerprint density at radius 1 is 1.00 bits per heavy atom. The van der Waals surface area contributed by atoms with Crippen LogP contribution >= 0.6 is 11.6 Å². The molecular formula is C20H16ClN5O2. The second kappa shape index (κ2) is 7.66. The van der Waals surface area contributed by atoms with Crippen molar-refractivity contribution in [1.29, 1.82) is 0 Å². The summed E-state index contributed by atoms with van der Waals surface area (Å²) < 4.78 is 2.78. The summed E-state index contributed by atoms with van der Waals surface area (Å²) in [5.41, 5.74) is 0.577. The fourth-order valence-corrected chi connectivity index (χ4v) is 3.11. The van der Waals surface area contributed by atoms with E-state index in [9.17, 15) is 9.59 Å². The van der Waals surface area contributed by atoms with E-state index < -0.39 is 0 Å². The molecule has 0 aliphatic carbocycles. The van der Waals surface area contributed by atoms with Gasteiger partial charge < -0.3 is 5.32 Å². The minimum atomic E-state index is -0.370. The number of halogens is 1. The number of amides is 1. The second-order valence-electron chi connectivity index (χ2n) is 6.21. The van der Waals surface area contributed by atoms with Gasteiger partial charge in [-0.15, -0.1) is 0 Å². The van der Waals surface area contributed by atoms with Gasteiger partial charge in [0.05, 0.1) is 24.3 Å². The van der Waals surface area contributed by atoms with Crippen molar-refractivity contribution < 1.29 is 4.79 Å². The topological polar surface area (TPSA) is 81.8 Å². The van der Waals surface area contributed by atoms with Gasteiger partial charge in [0.2, 0.25) is 5.91 Å². The van der Waals surface area contributed by atoms with Crippen LogP contribution in [-0.2, 0) is 17.9 Å². The minimum Gasteiger partial charge on any atom is -0.309 e. The van der Waals surface area contributed by atoms with Crippen molar-refractivity contribution in [3.05, 3.63) is 87.9 Å². The van der Waals surface area contributed by atoms with Crippen LogP contribution in [0.5, 0.6) is 0 Å². The standard InChI is InChI=1S/C20H16ClN5O2/c21-17-8-4-2-6-15(17)12-25-18(9-10-22-25)24-19(27)13-26-20(28)16-7-3-1-5-14(16)11-23-26/h1-11H,12-13H2,(H,24,27). The van der Waals surface area contributed by atoms with Crippen LogP contribution in [0.25, 0.3) is 10.8 Å². The fourth-order valence-electron chi connectivity index (χ4n) is 2.91. The zero-order valence-corrected chi connectivity index (χ0v) is 15.5. The number of rotatable bonds is 5. The van der Waals surface area contributed by atoms with Crippen LogP contribution in [0.2, 0.25) is 5.02 Å². The highest BCUT2D eigenvalue weighted by Crippen LogP contribution is 2.18. The lowest BCUT2D eigenvalue weighted by atomic mass is 10.2. The molecule has 4 aromatic rings. The van der Waals surface area contributed by atoms with Crippen LogP contribution in [0.1, 0.15) is 5.56 Å². The van der Waals surface area contributed by atoms with Crippen LogP contribution in [0.15, 0.2) is 71.8 Å². The Morgan fingerprint density at radius 3 is 2.64 bits per heavy atom. The van der Waals surface area contributed by atoms with Gasteiger partial charge in [0.1, 0.15) is 12.4 Å². The lowest BCUT2D eigenvalue weighted by Crippen LogP contribution is -2.30. The molecule has 2 aromatic heterocycles. The molecule has 0 aliphatic heterocycles. The number of hydrogen-bond acceptors (Lipinski definition) is 4. The number of aromatic nitrogens is 4. The molecule has 0 saturated heterocycles. The molecule has 1 amide bonds. The zero-order chi connectivity index (χ0) is 19.5. The van der Waals surface area contributed by atoms with E-state index in [1.54, 1.807) is 47.4 Å². The molecule has 0 spiro atoms. The third-order valence-corrected chi connectivity index (χ3v) is 4.69. The number of benzene rings is 2. The highest BCUT2D eigenvalue weighted by molar-refractivity contribution is 6.31. The van der Waals surface area contributed by atoms with Gasteiger partial charge >= 0.3 is 0 Å². The summed E-state index contributed by atoms with van der Waals surface area (Å²) in [4.78, 5) is 25.0. The first-order valence-electron chi connectivity index (χ1n) is 8.62. The van der Waals surface area contributed by atoms with Crippen molar-refractivity contribution in [3.8, 4) is 0 Å². The van der Waals surface area contributed by atoms with Gasteiger partial charge in [-0.3, -0.25) is 9.59 Å². The smallest absolute Gasteiger partial charge is 0.275 e. The van der Waals surface area contributed by atoms with Crippen molar-refractivity contribution in [3.63, 3.8) is 0 Å². The second-order valence-corrected chi connectivity index (χ2v) is 6.62. The Morgan fingerprint density at radius 2 is 1.79 bits per heavy atom. The van der Waals surface area contributed by atoms with E-state index in [-0.39, 0.29) is 18.0 Å². The summed E-state index contributed by atoms with van der Waals surface area (Å²) >= 11 is 6.20. The summed E-state index contributed by atoms with van der Waals surface area (Å²) in [5, 5.41) is 13.0. The van der Waals surface area contributed by atoms with Crippen LogP contribution in [0.3, 0.4) is 0 Å². The molecule has 0 bridgehead atoms. The Bertz CT molecular complexity index is 1210. The largest absolute Gasteiger partial charge is 0.309 e. The van der Waals surface area contributed by atoms with Crippen LogP contribution in [0.4, 0.5) is 5.82 Å². The van der Waals surface area contributed by atoms with Gasteiger partial charge in [-0.2, -0.15) is 10.2 Å². The maximum Gasteiger partial charge on any atom is 0.275 e. The highest BCUT2D eigenvalue weighted by Gasteiger charge is 2.12. The maximum absolute atomic E-state index is 12.5. The molecule has 0 saturated carbocycles. The molecule has 0 aliphatic rings. The van der Waals surface area contributed by atoms with Crippen molar-refractivity contribution in [2.24, 2.45) is 0 Å². The number of carbonyl (C=O) groups is 1. The van der Waals surface area contributed by atoms with Crippen molar-refractivity contribution in [2.45, 2.75) is 13.1 Å². The van der Waals surface area contributed by atoms with Gasteiger partial charge in [-0.25, -0.2) is 9.36 Å². The van der Waals surface area contributed by atoms with Crippen molar-refractivity contribution >= 4 is 34.1 Å². The number of hydrogen-bond donors (Lipinski definition) is 1. The van der Waals surface area contributed by atoms with Gasteiger partial charge in [-0.05, 0) is 17.7 Å². The molecule has 2 aromatic carbocycles. The molecule has 0 radical (unpaired) electrons. The van der Waals surface area contributed by atoms with E-state index in [0.717, 1.165) is 15.6 Å². The van der Waals surface area contributed by atoms with Gasteiger partial charge in [0.25, 0.3) is 5.56 Å². The Hall–Kier alpha value is -3.45. The number of anilines is 1. The van der Waals surface area contributed by atoms with E-state index in [1.807, 2.05) is 24.3 Å². The lowest BCUT2D eigenvalue weighted by Gasteiger charge is -2.11. The van der Waals surface area contributed by atoms with E-state index in [0.29, 0.717) is 22.8 Å². The van der Waals surface area contributed by atoms with Crippen molar-refractivity contribution in [2.75, 3.05) is 5.32 Å². The average Bonchev–Trinajstić information content (AvgIpc) is 3.12. The number of nitrogens with zero attached hydrogens (tertiary/aromatic N) is 4. The quantitative estimate of drug-likeness (QED) is 0.565. The van der Waals surface area contributed by atoms with Crippen LogP contribution in [0, 0.1) is 0 Å². The summed E-state index contributed by atoms with van der Waals surface area (Å²) in [6.45, 7) is 0.220. The SMILES string of the molecule is O=C(Cn1ncc2ccccc2c1=O)Nc1ccnn1Cc1ccccc1Cl. The monoisotopic (exact) mass is 393 g/mol. The number of nitrogens with one attached hydrogen (secondary N) is 1. The van der Waals surface area contributed by atoms with Crippen molar-refractivity contribution in [1.82, 2.24) is 19.6 Å². The van der Waals surface area contributed by atoms with Gasteiger partial charge in [-0.1, -0.05) is 48.0 Å². The molecule has 140 valence electrons. The van der Waals surface area contributed by atoms with E-state index in [4.69, 9.17) is 11.6 Å². The maximum atomic E-state index is 12.5. The average molecular weight is 394 g/mol. The van der Waals surface area contributed by atoms with Gasteiger partial charge in [0.15, 0.2) is 0 Å². The van der Waals surface area contributed by atoms with E-state index >= 15 is 0 Å². The predicted molar refractivity (Wildman–Crippen MR) is 107 cm³/mol. The summed E-state index contributed by atoms with van der Waals surface area (Å²) in [6.07, 6.45) is 3.17. The van der Waals surface area contributed by atoms with E-state index in [2.05, 4.69) is 15.5 Å². The Kier molecular flexibility index (Phi) is 4.90. The minimum absolute atomic E-state index is 0.194. The lowest BCUT2D eigenvalue weighted by molar-refractivity contribution is -0.117. The zero-order valence-electron chi connectivity index (χ0n) is 14.7. The predicted octanol–water partition coefficient (Wildman–Crippen LogP) is 2.93. The van der Waals surface area contributed by atoms with Crippen LogP contribution < -0.4 is 10.9 Å². The summed E-state index contributed by atoms with van der Waals surface area (Å²) in [6, 6.07) is 16.3. The van der Waals surface area contributed by atoms with E-state index in [1.165, 1.54) is 0 Å². The third kappa shape index (κ3) is 3.65. The molecule has 0 atom stereocenters. The Balaban J connectivity index is 1.51. The first-order chi connectivity index (χ1) is 13.6. The summed E-state index contributed by atoms with van der Waals surface area (Å²) in [5.74, 6) is 0.143. The van der Waals surface area contributed by atoms with Crippen LogP contribution in [-0.4, -0.2) is 25.5 Å². The highest BCUT2D eigenvalue weighted by atomic mass is 35.5. The molecule has 2 heterocycles. The molecule has 0 fully saturated rings. The third-order valence-electron chi connectivity index (χ3n) is 4.32.